The first-order valence-corrected chi connectivity index (χ1v) is 0.548. The van der Waals surface area contributed by atoms with Crippen LogP contribution in [-0.4, -0.2) is 22.4 Å². The van der Waals surface area contributed by atoms with Crippen LogP contribution in [0.15, 0.2) is 0 Å². The van der Waals surface area contributed by atoms with Gasteiger partial charge in [-0.25, -0.2) is 0 Å². The van der Waals surface area contributed by atoms with Gasteiger partial charge in [-0.15, -0.1) is 0 Å². The van der Waals surface area contributed by atoms with E-state index in [4.69, 9.17) is 15.3 Å². The molecule has 27 valence electrons. The van der Waals surface area contributed by atoms with Crippen LogP contribution in [0.4, 0.5) is 0 Å². The van der Waals surface area contributed by atoms with E-state index in [-0.39, 0.29) is 46.9 Å². The zero-order valence-electron chi connectivity index (χ0n) is 3.25. The second-order valence-electron chi connectivity index (χ2n) is 0.224. The molecule has 0 bridgehead atoms. The van der Waals surface area contributed by atoms with Gasteiger partial charge in [0.15, 0.2) is 0 Å². The summed E-state index contributed by atoms with van der Waals surface area (Å²) in [4.78, 5) is 8.25. The van der Waals surface area contributed by atoms with Gasteiger partial charge in [0.1, 0.15) is 0 Å². The molecule has 0 rings (SSSR count). The second kappa shape index (κ2) is 9.22. The molecule has 0 atom stereocenters. The summed E-state index contributed by atoms with van der Waals surface area (Å²) < 4.78 is 0. The Morgan fingerprint density at radius 3 is 1.33 bits per heavy atom. The van der Waals surface area contributed by atoms with Crippen LogP contribution in [-0.2, 0) is 0 Å². The van der Waals surface area contributed by atoms with E-state index < -0.39 is 5.09 Å². The summed E-state index contributed by atoms with van der Waals surface area (Å²) in [5.74, 6) is 0. The van der Waals surface area contributed by atoms with Crippen molar-refractivity contribution in [2.75, 3.05) is 0 Å². The summed E-state index contributed by atoms with van der Waals surface area (Å²) in [6.07, 6.45) is 0. The molecule has 4 nitrogen and oxygen atoms in total. The molecule has 0 saturated carbocycles. The van der Waals surface area contributed by atoms with E-state index in [2.05, 4.69) is 0 Å². The molecule has 0 aromatic carbocycles. The van der Waals surface area contributed by atoms with E-state index in [1.165, 1.54) is 0 Å². The maximum absolute atomic E-state index is 8.25. The maximum Gasteiger partial charge on any atom is 1.00 e. The Bertz CT molecular complexity index is 33.8. The van der Waals surface area contributed by atoms with Gasteiger partial charge in [-0.05, 0) is 0 Å². The van der Waals surface area contributed by atoms with Gasteiger partial charge >= 0.3 is 29.6 Å². The van der Waals surface area contributed by atoms with Crippen molar-refractivity contribution in [3.63, 3.8) is 0 Å². The van der Waals surface area contributed by atoms with Gasteiger partial charge in [0.05, 0.1) is 5.09 Å². The van der Waals surface area contributed by atoms with Crippen LogP contribution >= 0.6 is 0 Å². The van der Waals surface area contributed by atoms with Crippen molar-refractivity contribution in [1.82, 2.24) is 0 Å². The second-order valence-corrected chi connectivity index (χ2v) is 0.224. The standard InChI is InChI=1S/Al.NO3.Na/c;2-1(3)4;/q;-1;+1. The Morgan fingerprint density at radius 1 is 1.33 bits per heavy atom. The van der Waals surface area contributed by atoms with Crippen LogP contribution in [0.25, 0.3) is 0 Å². The van der Waals surface area contributed by atoms with Crippen LogP contribution in [0.5, 0.6) is 0 Å². The third-order valence-corrected chi connectivity index (χ3v) is 0. The van der Waals surface area contributed by atoms with E-state index >= 15 is 0 Å². The van der Waals surface area contributed by atoms with E-state index in [1.807, 2.05) is 0 Å². The number of nitrogens with zero attached hydrogens (tertiary/aromatic N) is 1. The largest absolute Gasteiger partial charge is 1.00 e. The van der Waals surface area contributed by atoms with Crippen LogP contribution in [0.1, 0.15) is 0 Å². The first kappa shape index (κ1) is 15.9. The van der Waals surface area contributed by atoms with Crippen molar-refractivity contribution in [2.24, 2.45) is 0 Å². The van der Waals surface area contributed by atoms with Crippen LogP contribution in [0.2, 0.25) is 0 Å². The molecule has 0 fully saturated rings. The summed E-state index contributed by atoms with van der Waals surface area (Å²) in [5.41, 5.74) is 0. The van der Waals surface area contributed by atoms with Crippen LogP contribution < -0.4 is 29.6 Å². The average molecular weight is 112 g/mol. The molecule has 0 unspecified atom stereocenters. The summed E-state index contributed by atoms with van der Waals surface area (Å²) in [6, 6.07) is 0. The molecule has 0 aliphatic heterocycles. The molecule has 6 heavy (non-hydrogen) atoms. The molecule has 6 heteroatoms. The molecule has 3 radical (unpaired) electrons. The fourth-order valence-corrected chi connectivity index (χ4v) is 0. The molecule has 0 saturated heterocycles. The van der Waals surface area contributed by atoms with Gasteiger partial charge < -0.3 is 15.3 Å². The minimum Gasteiger partial charge on any atom is -0.356 e. The summed E-state index contributed by atoms with van der Waals surface area (Å²) in [5, 5.41) is 14.8. The molecule has 0 spiro atoms. The van der Waals surface area contributed by atoms with Gasteiger partial charge in [0, 0.05) is 17.4 Å². The summed E-state index contributed by atoms with van der Waals surface area (Å²) >= 11 is 0. The topological polar surface area (TPSA) is 66.2 Å². The van der Waals surface area contributed by atoms with Crippen molar-refractivity contribution in [2.45, 2.75) is 0 Å². The van der Waals surface area contributed by atoms with Crippen molar-refractivity contribution in [3.8, 4) is 0 Å². The fourth-order valence-electron chi connectivity index (χ4n) is 0. The number of hydrogen-bond donors (Lipinski definition) is 0. The Kier molecular flexibility index (Phi) is 24.4. The summed E-state index contributed by atoms with van der Waals surface area (Å²) in [6.45, 7) is 0. The molecule has 0 heterocycles. The van der Waals surface area contributed by atoms with E-state index in [0.29, 0.717) is 0 Å². The predicted molar refractivity (Wildman–Crippen MR) is 16.1 cm³/mol. The van der Waals surface area contributed by atoms with Gasteiger partial charge in [-0.3, -0.25) is 0 Å². The maximum atomic E-state index is 8.25. The van der Waals surface area contributed by atoms with Gasteiger partial charge in [0.2, 0.25) is 0 Å². The number of rotatable bonds is 0. The van der Waals surface area contributed by atoms with Crippen molar-refractivity contribution in [3.05, 3.63) is 15.3 Å². The van der Waals surface area contributed by atoms with Crippen LogP contribution in [0.3, 0.4) is 0 Å². The van der Waals surface area contributed by atoms with Gasteiger partial charge in [-0.1, -0.05) is 0 Å². The molecule has 0 aromatic rings. The monoisotopic (exact) mass is 112 g/mol. The third-order valence-electron chi connectivity index (χ3n) is 0. The van der Waals surface area contributed by atoms with E-state index in [9.17, 15) is 0 Å². The van der Waals surface area contributed by atoms with E-state index in [0.717, 1.165) is 0 Å². The zero-order valence-corrected chi connectivity index (χ0v) is 6.40. The Balaban J connectivity index is -0.0000000450. The van der Waals surface area contributed by atoms with Gasteiger partial charge in [-0.2, -0.15) is 0 Å². The minimum absolute atomic E-state index is 0. The van der Waals surface area contributed by atoms with Crippen molar-refractivity contribution in [1.29, 1.82) is 0 Å². The SMILES string of the molecule is O=[N+]([O-])[O-].[Al].[Na+]. The summed E-state index contributed by atoms with van der Waals surface area (Å²) in [7, 11) is 0. The average Bonchev–Trinajstić information content (AvgIpc) is 0.811. The molecule has 0 aliphatic rings. The molecule has 0 aliphatic carbocycles. The van der Waals surface area contributed by atoms with Crippen molar-refractivity contribution < 1.29 is 34.6 Å². The quantitative estimate of drug-likeness (QED) is 0.184. The Labute approximate surface area is 67.1 Å². The Morgan fingerprint density at radius 2 is 1.33 bits per heavy atom. The number of hydrogen-bond acceptors (Lipinski definition) is 3. The molecular weight excluding hydrogens is 112 g/mol. The van der Waals surface area contributed by atoms with E-state index in [1.54, 1.807) is 0 Å². The molecule has 0 aromatic heterocycles. The zero-order chi connectivity index (χ0) is 3.58. The molecule has 0 N–H and O–H groups in total. The minimum atomic E-state index is -1.75. The van der Waals surface area contributed by atoms with Crippen molar-refractivity contribution >= 4 is 17.4 Å². The van der Waals surface area contributed by atoms with Gasteiger partial charge in [0.25, 0.3) is 0 Å². The normalized spacial score (nSPS) is 4.00. The first-order valence-electron chi connectivity index (χ1n) is 0.548. The smallest absolute Gasteiger partial charge is 0.356 e. The molecule has 0 amide bonds. The fraction of sp³-hybridized carbons (Fsp3) is 0. The predicted octanol–water partition coefficient (Wildman–Crippen LogP) is -3.62. The third kappa shape index (κ3) is 123. The molecular formula is AlNNaO3. The van der Waals surface area contributed by atoms with Crippen LogP contribution in [0, 0.1) is 15.3 Å². The Hall–Kier alpha value is 0.732. The first-order chi connectivity index (χ1) is 1.73.